The molecule has 0 bridgehead atoms. The van der Waals surface area contributed by atoms with E-state index in [2.05, 4.69) is 33.0 Å². The van der Waals surface area contributed by atoms with Crippen LogP contribution in [-0.4, -0.2) is 25.3 Å². The lowest BCUT2D eigenvalue weighted by Gasteiger charge is -2.34. The van der Waals surface area contributed by atoms with Crippen LogP contribution in [0.2, 0.25) is 0 Å². The Morgan fingerprint density at radius 2 is 2.09 bits per heavy atom. The molecule has 124 valence electrons. The van der Waals surface area contributed by atoms with Gasteiger partial charge in [-0.25, -0.2) is 0 Å². The standard InChI is InChI=1S/C18H29NO3/c1-12(2)8-15(9-16-10-21-11-22-16)18(20)19-17-7-5-6-13(3)14(17)4/h8-9,12-14,17H,5-7,10-11H2,1-4H3,(H,19,20)/b15-8+,16-9+/t13?,14-,17?/m1/s1. The molecule has 2 unspecified atom stereocenters. The topological polar surface area (TPSA) is 47.6 Å². The minimum Gasteiger partial charge on any atom is -0.469 e. The van der Waals surface area contributed by atoms with Gasteiger partial charge in [-0.05, 0) is 30.3 Å². The van der Waals surface area contributed by atoms with Crippen LogP contribution in [0, 0.1) is 17.8 Å². The van der Waals surface area contributed by atoms with Gasteiger partial charge in [0.15, 0.2) is 6.79 Å². The van der Waals surface area contributed by atoms with Crippen LogP contribution in [0.3, 0.4) is 0 Å². The van der Waals surface area contributed by atoms with Crippen molar-refractivity contribution in [2.24, 2.45) is 17.8 Å². The minimum absolute atomic E-state index is 0.00245. The second kappa shape index (κ2) is 7.82. The molecule has 3 atom stereocenters. The molecule has 0 spiro atoms. The first-order chi connectivity index (χ1) is 10.5. The van der Waals surface area contributed by atoms with Crippen LogP contribution in [0.1, 0.15) is 47.0 Å². The summed E-state index contributed by atoms with van der Waals surface area (Å²) >= 11 is 0. The van der Waals surface area contributed by atoms with Crippen molar-refractivity contribution >= 4 is 5.91 Å². The first-order valence-corrected chi connectivity index (χ1v) is 8.41. The van der Waals surface area contributed by atoms with Crippen LogP contribution in [0.15, 0.2) is 23.5 Å². The molecule has 4 heteroatoms. The molecule has 0 aromatic heterocycles. The van der Waals surface area contributed by atoms with Gasteiger partial charge in [0.1, 0.15) is 12.4 Å². The molecule has 4 nitrogen and oxygen atoms in total. The average molecular weight is 307 g/mol. The zero-order valence-electron chi connectivity index (χ0n) is 14.2. The van der Waals surface area contributed by atoms with Gasteiger partial charge in [-0.1, -0.05) is 46.6 Å². The summed E-state index contributed by atoms with van der Waals surface area (Å²) in [4.78, 5) is 12.7. The number of nitrogens with one attached hydrogen (secondary N) is 1. The van der Waals surface area contributed by atoms with Crippen LogP contribution in [0.4, 0.5) is 0 Å². The van der Waals surface area contributed by atoms with Crippen LogP contribution >= 0.6 is 0 Å². The maximum atomic E-state index is 12.7. The van der Waals surface area contributed by atoms with Crippen molar-refractivity contribution < 1.29 is 14.3 Å². The molecule has 0 aromatic carbocycles. The summed E-state index contributed by atoms with van der Waals surface area (Å²) in [6, 6.07) is 0.269. The van der Waals surface area contributed by atoms with E-state index in [-0.39, 0.29) is 18.7 Å². The highest BCUT2D eigenvalue weighted by atomic mass is 16.7. The number of hydrogen-bond donors (Lipinski definition) is 1. The fraction of sp³-hybridized carbons (Fsp3) is 0.722. The Hall–Kier alpha value is -1.29. The van der Waals surface area contributed by atoms with Crippen molar-refractivity contribution in [2.45, 2.75) is 53.0 Å². The van der Waals surface area contributed by atoms with Crippen LogP contribution in [0.5, 0.6) is 0 Å². The number of carbonyl (C=O) groups excluding carboxylic acids is 1. The molecule has 1 heterocycles. The third-order valence-corrected chi connectivity index (χ3v) is 4.69. The van der Waals surface area contributed by atoms with Crippen molar-refractivity contribution in [3.8, 4) is 0 Å². The zero-order chi connectivity index (χ0) is 16.1. The summed E-state index contributed by atoms with van der Waals surface area (Å²) in [5.41, 5.74) is 0.681. The number of hydrogen-bond acceptors (Lipinski definition) is 3. The van der Waals surface area contributed by atoms with E-state index in [1.54, 1.807) is 0 Å². The number of ether oxygens (including phenoxy) is 2. The van der Waals surface area contributed by atoms with Gasteiger partial charge in [0.25, 0.3) is 5.91 Å². The van der Waals surface area contributed by atoms with Crippen molar-refractivity contribution in [2.75, 3.05) is 13.4 Å². The van der Waals surface area contributed by atoms with Gasteiger partial charge >= 0.3 is 0 Å². The Balaban J connectivity index is 2.07. The Morgan fingerprint density at radius 3 is 2.73 bits per heavy atom. The van der Waals surface area contributed by atoms with E-state index >= 15 is 0 Å². The van der Waals surface area contributed by atoms with E-state index in [9.17, 15) is 4.79 Å². The molecule has 1 saturated carbocycles. The van der Waals surface area contributed by atoms with Gasteiger partial charge in [0.05, 0.1) is 0 Å². The third kappa shape index (κ3) is 4.60. The summed E-state index contributed by atoms with van der Waals surface area (Å²) in [6.45, 7) is 9.39. The summed E-state index contributed by atoms with van der Waals surface area (Å²) in [6.07, 6.45) is 7.33. The molecule has 1 saturated heterocycles. The van der Waals surface area contributed by atoms with Crippen LogP contribution in [-0.2, 0) is 14.3 Å². The van der Waals surface area contributed by atoms with Gasteiger partial charge in [0, 0.05) is 11.6 Å². The fourth-order valence-corrected chi connectivity index (χ4v) is 3.14. The van der Waals surface area contributed by atoms with Gasteiger partial charge in [0.2, 0.25) is 0 Å². The molecule has 2 fully saturated rings. The maximum absolute atomic E-state index is 12.7. The normalized spacial score (nSPS) is 31.4. The van der Waals surface area contributed by atoms with E-state index in [1.807, 2.05) is 12.2 Å². The van der Waals surface area contributed by atoms with Crippen molar-refractivity contribution in [3.05, 3.63) is 23.5 Å². The Morgan fingerprint density at radius 1 is 1.32 bits per heavy atom. The quantitative estimate of drug-likeness (QED) is 0.810. The molecule has 1 aliphatic carbocycles. The average Bonchev–Trinajstić information content (AvgIpc) is 2.95. The Kier molecular flexibility index (Phi) is 6.07. The molecule has 1 amide bonds. The van der Waals surface area contributed by atoms with E-state index in [0.29, 0.717) is 29.9 Å². The zero-order valence-corrected chi connectivity index (χ0v) is 14.2. The summed E-state index contributed by atoms with van der Waals surface area (Å²) < 4.78 is 10.5. The molecule has 2 aliphatic rings. The highest BCUT2D eigenvalue weighted by molar-refractivity contribution is 5.96. The summed E-state index contributed by atoms with van der Waals surface area (Å²) in [7, 11) is 0. The molecule has 0 aromatic rings. The predicted octanol–water partition coefficient (Wildman–Crippen LogP) is 3.40. The van der Waals surface area contributed by atoms with Gasteiger partial charge in [-0.3, -0.25) is 4.79 Å². The van der Waals surface area contributed by atoms with Gasteiger partial charge in [-0.2, -0.15) is 0 Å². The third-order valence-electron chi connectivity index (χ3n) is 4.69. The first-order valence-electron chi connectivity index (χ1n) is 8.41. The summed E-state index contributed by atoms with van der Waals surface area (Å²) in [5.74, 6) is 2.23. The Labute approximate surface area is 133 Å². The largest absolute Gasteiger partial charge is 0.469 e. The molecule has 2 rings (SSSR count). The van der Waals surface area contributed by atoms with Crippen LogP contribution < -0.4 is 5.32 Å². The molecule has 22 heavy (non-hydrogen) atoms. The highest BCUT2D eigenvalue weighted by Gasteiger charge is 2.28. The van der Waals surface area contributed by atoms with E-state index in [4.69, 9.17) is 9.47 Å². The lowest BCUT2D eigenvalue weighted by Crippen LogP contribution is -2.44. The van der Waals surface area contributed by atoms with E-state index in [0.717, 1.165) is 12.2 Å². The number of rotatable bonds is 4. The highest BCUT2D eigenvalue weighted by Crippen LogP contribution is 2.29. The van der Waals surface area contributed by atoms with Crippen LogP contribution in [0.25, 0.3) is 0 Å². The number of allylic oxidation sites excluding steroid dienone is 1. The van der Waals surface area contributed by atoms with Crippen molar-refractivity contribution in [3.63, 3.8) is 0 Å². The lowest BCUT2D eigenvalue weighted by atomic mass is 9.78. The molecular formula is C18H29NO3. The minimum atomic E-state index is 0.00245. The first kappa shape index (κ1) is 17.1. The summed E-state index contributed by atoms with van der Waals surface area (Å²) in [5, 5.41) is 3.23. The smallest absolute Gasteiger partial charge is 0.251 e. The molecule has 1 aliphatic heterocycles. The number of carbonyl (C=O) groups is 1. The molecule has 1 N–H and O–H groups in total. The number of amides is 1. The molecule has 0 radical (unpaired) electrons. The monoisotopic (exact) mass is 307 g/mol. The van der Waals surface area contributed by atoms with Crippen molar-refractivity contribution in [1.82, 2.24) is 5.32 Å². The van der Waals surface area contributed by atoms with E-state index in [1.165, 1.54) is 12.8 Å². The molecular weight excluding hydrogens is 278 g/mol. The predicted molar refractivity (Wildman–Crippen MR) is 87.0 cm³/mol. The second-order valence-corrected chi connectivity index (χ2v) is 6.93. The lowest BCUT2D eigenvalue weighted by molar-refractivity contribution is -0.118. The van der Waals surface area contributed by atoms with Gasteiger partial charge < -0.3 is 14.8 Å². The second-order valence-electron chi connectivity index (χ2n) is 6.93. The van der Waals surface area contributed by atoms with E-state index < -0.39 is 0 Å². The maximum Gasteiger partial charge on any atom is 0.251 e. The SMILES string of the molecule is CC(C)/C=C(\C=C1/COCO1)C(=O)NC1CCCC(C)[C@H]1C. The van der Waals surface area contributed by atoms with Gasteiger partial charge in [-0.15, -0.1) is 0 Å². The Bertz CT molecular complexity index is 445. The van der Waals surface area contributed by atoms with Crippen molar-refractivity contribution in [1.29, 1.82) is 0 Å². The fourth-order valence-electron chi connectivity index (χ4n) is 3.14.